The highest BCUT2D eigenvalue weighted by molar-refractivity contribution is 6.30. The van der Waals surface area contributed by atoms with E-state index in [0.29, 0.717) is 35.2 Å². The Morgan fingerprint density at radius 2 is 2.07 bits per heavy atom. The van der Waals surface area contributed by atoms with E-state index in [-0.39, 0.29) is 11.9 Å². The van der Waals surface area contributed by atoms with Gasteiger partial charge in [-0.2, -0.15) is 0 Å². The number of carbonyl (C=O) groups excluding carboxylic acids is 1. The Labute approximate surface area is 245 Å². The van der Waals surface area contributed by atoms with Crippen molar-refractivity contribution in [1.82, 2.24) is 19.8 Å². The van der Waals surface area contributed by atoms with Gasteiger partial charge >= 0.3 is 5.97 Å². The number of aromatic nitrogens is 2. The Hall–Kier alpha value is -3.40. The third-order valence-electron chi connectivity index (χ3n) is 7.65. The summed E-state index contributed by atoms with van der Waals surface area (Å²) in [6.07, 6.45) is 6.90. The number of benzene rings is 2. The van der Waals surface area contributed by atoms with Gasteiger partial charge in [-0.1, -0.05) is 23.7 Å². The average Bonchev–Trinajstić information content (AvgIpc) is 3.50. The second kappa shape index (κ2) is 12.6. The topological polar surface area (TPSA) is 77.8 Å². The zero-order chi connectivity index (χ0) is 29.0. The Morgan fingerprint density at radius 3 is 2.80 bits per heavy atom. The molecule has 0 spiro atoms. The normalized spacial score (nSPS) is 19.2. The smallest absolute Gasteiger partial charge is 0.330 e. The minimum Gasteiger partial charge on any atom is -0.463 e. The van der Waals surface area contributed by atoms with E-state index in [2.05, 4.69) is 25.8 Å². The van der Waals surface area contributed by atoms with Crippen LogP contribution in [0, 0.1) is 5.82 Å². The first kappa shape index (κ1) is 29.1. The van der Waals surface area contributed by atoms with Crippen LogP contribution in [0.3, 0.4) is 0 Å². The maximum Gasteiger partial charge on any atom is 0.330 e. The molecule has 1 unspecified atom stereocenters. The van der Waals surface area contributed by atoms with Gasteiger partial charge in [0.25, 0.3) is 5.79 Å². The monoisotopic (exact) mass is 582 g/mol. The Balaban J connectivity index is 1.26. The first-order valence-electron chi connectivity index (χ1n) is 14.0. The summed E-state index contributed by atoms with van der Waals surface area (Å²) >= 11 is 5.96. The summed E-state index contributed by atoms with van der Waals surface area (Å²) in [5.74, 6) is 0.459. The number of hydrogen-bond donors (Lipinski definition) is 1. The lowest BCUT2D eigenvalue weighted by atomic mass is 9.88. The number of esters is 1. The summed E-state index contributed by atoms with van der Waals surface area (Å²) < 4.78 is 34.4. The van der Waals surface area contributed by atoms with Gasteiger partial charge in [-0.15, -0.1) is 0 Å². The molecular weight excluding hydrogens is 547 g/mol. The van der Waals surface area contributed by atoms with E-state index in [9.17, 15) is 9.18 Å². The molecule has 2 aromatic carbocycles. The van der Waals surface area contributed by atoms with Gasteiger partial charge in [0.2, 0.25) is 0 Å². The van der Waals surface area contributed by atoms with Crippen LogP contribution in [0.15, 0.2) is 48.7 Å². The highest BCUT2D eigenvalue weighted by atomic mass is 35.5. The van der Waals surface area contributed by atoms with Crippen LogP contribution >= 0.6 is 11.6 Å². The SMILES string of the molecule is CCOC(=O)/C=C/c1cnc(CN2CCC(c3cccc4c3OC(C)(c3ccc(Cl)cc3F)O4)CC2)n1CCNC. The molecule has 1 N–H and O–H groups in total. The van der Waals surface area contributed by atoms with Crippen LogP contribution in [0.25, 0.3) is 6.08 Å². The van der Waals surface area contributed by atoms with Crippen molar-refractivity contribution in [2.75, 3.05) is 33.3 Å². The molecule has 5 rings (SSSR count). The summed E-state index contributed by atoms with van der Waals surface area (Å²) in [5, 5.41) is 3.51. The van der Waals surface area contributed by atoms with Crippen molar-refractivity contribution >= 4 is 23.6 Å². The highest BCUT2D eigenvalue weighted by Gasteiger charge is 2.43. The zero-order valence-electron chi connectivity index (χ0n) is 23.7. The summed E-state index contributed by atoms with van der Waals surface area (Å²) in [5.41, 5.74) is 2.27. The molecule has 1 fully saturated rings. The van der Waals surface area contributed by atoms with Gasteiger partial charge in [-0.25, -0.2) is 14.2 Å². The van der Waals surface area contributed by atoms with E-state index in [0.717, 1.165) is 56.1 Å². The minimum absolute atomic E-state index is 0.286. The molecule has 0 amide bonds. The largest absolute Gasteiger partial charge is 0.463 e. The van der Waals surface area contributed by atoms with E-state index < -0.39 is 11.6 Å². The van der Waals surface area contributed by atoms with Crippen molar-refractivity contribution in [3.63, 3.8) is 0 Å². The van der Waals surface area contributed by atoms with Crippen LogP contribution in [0.1, 0.15) is 55.3 Å². The van der Waals surface area contributed by atoms with Gasteiger partial charge < -0.3 is 24.1 Å². The standard InChI is InChI=1S/C31H36ClFN4O4/c1-4-39-29(38)11-9-23-19-35-28(37(23)17-14-34-3)20-36-15-12-21(13-16-36)24-6-5-7-27-30(24)41-31(2,40-27)25-10-8-22(32)18-26(25)33/h5-11,18-19,21,34H,4,12-17,20H2,1-3H3/b11-9+. The molecule has 0 radical (unpaired) electrons. The molecule has 10 heteroatoms. The summed E-state index contributed by atoms with van der Waals surface area (Å²) in [4.78, 5) is 18.9. The number of piperidine rings is 1. The van der Waals surface area contributed by atoms with Crippen molar-refractivity contribution in [3.05, 3.63) is 82.2 Å². The lowest BCUT2D eigenvalue weighted by molar-refractivity contribution is -0.137. The average molecular weight is 583 g/mol. The Kier molecular flexibility index (Phi) is 8.97. The number of carbonyl (C=O) groups is 1. The van der Waals surface area contributed by atoms with E-state index in [4.69, 9.17) is 25.8 Å². The molecule has 1 saturated heterocycles. The number of hydrogen-bond acceptors (Lipinski definition) is 7. The first-order valence-corrected chi connectivity index (χ1v) is 14.4. The quantitative estimate of drug-likeness (QED) is 0.250. The Bertz CT molecular complexity index is 1420. The lowest BCUT2D eigenvalue weighted by Gasteiger charge is -2.32. The van der Waals surface area contributed by atoms with E-state index in [1.165, 1.54) is 12.1 Å². The lowest BCUT2D eigenvalue weighted by Crippen LogP contribution is -2.34. The number of likely N-dealkylation sites (tertiary alicyclic amines) is 1. The number of nitrogens with one attached hydrogen (secondary N) is 1. The van der Waals surface area contributed by atoms with Gasteiger partial charge in [0.15, 0.2) is 11.5 Å². The van der Waals surface area contributed by atoms with E-state index >= 15 is 0 Å². The van der Waals surface area contributed by atoms with Crippen molar-refractivity contribution in [3.8, 4) is 11.5 Å². The predicted octanol–water partition coefficient (Wildman–Crippen LogP) is 5.50. The molecule has 218 valence electrons. The number of fused-ring (bicyclic) bond motifs is 1. The number of nitrogens with zero attached hydrogens (tertiary/aromatic N) is 3. The van der Waals surface area contributed by atoms with Crippen molar-refractivity contribution < 1.29 is 23.4 Å². The molecular formula is C31H36ClFN4O4. The molecule has 2 aliphatic heterocycles. The van der Waals surface area contributed by atoms with Gasteiger partial charge in [0, 0.05) is 36.7 Å². The number of para-hydroxylation sites is 1. The zero-order valence-corrected chi connectivity index (χ0v) is 24.4. The first-order chi connectivity index (χ1) is 19.8. The van der Waals surface area contributed by atoms with Gasteiger partial charge in [-0.05, 0) is 76.2 Å². The fourth-order valence-electron chi connectivity index (χ4n) is 5.55. The Morgan fingerprint density at radius 1 is 1.27 bits per heavy atom. The molecule has 8 nitrogen and oxygen atoms in total. The number of likely N-dealkylation sites (N-methyl/N-ethyl adjacent to an activating group) is 1. The van der Waals surface area contributed by atoms with Gasteiger partial charge in [0.1, 0.15) is 11.6 Å². The third-order valence-corrected chi connectivity index (χ3v) is 7.89. The number of imidazole rings is 1. The van der Waals surface area contributed by atoms with Crippen LogP contribution in [0.5, 0.6) is 11.5 Å². The van der Waals surface area contributed by atoms with Crippen LogP contribution in [-0.2, 0) is 28.4 Å². The maximum absolute atomic E-state index is 14.8. The number of ether oxygens (including phenoxy) is 3. The van der Waals surface area contributed by atoms with E-state index in [1.54, 1.807) is 38.3 Å². The highest BCUT2D eigenvalue weighted by Crippen LogP contribution is 2.49. The summed E-state index contributed by atoms with van der Waals surface area (Å²) in [6.45, 7) is 7.89. The van der Waals surface area contributed by atoms with Crippen molar-refractivity contribution in [1.29, 1.82) is 0 Å². The number of rotatable bonds is 10. The molecule has 1 aromatic heterocycles. The van der Waals surface area contributed by atoms with Crippen LogP contribution in [0.2, 0.25) is 5.02 Å². The van der Waals surface area contributed by atoms with Crippen LogP contribution < -0.4 is 14.8 Å². The summed E-state index contributed by atoms with van der Waals surface area (Å²) in [6, 6.07) is 10.4. The maximum atomic E-state index is 14.8. The second-order valence-electron chi connectivity index (χ2n) is 10.4. The van der Waals surface area contributed by atoms with Gasteiger partial charge in [-0.3, -0.25) is 4.90 Å². The molecule has 41 heavy (non-hydrogen) atoms. The predicted molar refractivity (Wildman–Crippen MR) is 156 cm³/mol. The van der Waals surface area contributed by atoms with Gasteiger partial charge in [0.05, 0.1) is 30.6 Å². The molecule has 2 aliphatic rings. The van der Waals surface area contributed by atoms with Crippen LogP contribution in [0.4, 0.5) is 4.39 Å². The molecule has 3 heterocycles. The molecule has 0 aliphatic carbocycles. The van der Waals surface area contributed by atoms with Crippen molar-refractivity contribution in [2.45, 2.75) is 51.5 Å². The molecule has 0 saturated carbocycles. The number of halogens is 2. The fraction of sp³-hybridized carbons (Fsp3) is 0.419. The van der Waals surface area contributed by atoms with Crippen molar-refractivity contribution in [2.24, 2.45) is 0 Å². The summed E-state index contributed by atoms with van der Waals surface area (Å²) in [7, 11) is 1.92. The van der Waals surface area contributed by atoms with Crippen LogP contribution in [-0.4, -0.2) is 53.7 Å². The second-order valence-corrected chi connectivity index (χ2v) is 10.9. The molecule has 1 atom stereocenters. The fourth-order valence-corrected chi connectivity index (χ4v) is 5.71. The van der Waals surface area contributed by atoms with E-state index in [1.807, 2.05) is 19.2 Å². The minimum atomic E-state index is -1.27. The molecule has 0 bridgehead atoms. The molecule has 3 aromatic rings. The third kappa shape index (κ3) is 6.42.